The molecule has 3 aromatic rings. The summed E-state index contributed by atoms with van der Waals surface area (Å²) in [6.45, 7) is 3.76. The van der Waals surface area contributed by atoms with Crippen LogP contribution in [0.5, 0.6) is 11.5 Å². The number of methoxy groups -OCH3 is 1. The van der Waals surface area contributed by atoms with Crippen LogP contribution in [-0.4, -0.2) is 30.6 Å². The topological polar surface area (TPSA) is 79.9 Å². The number of carbonyl (C=O) groups is 2. The fourth-order valence-electron chi connectivity index (χ4n) is 3.57. The molecule has 0 aromatic heterocycles. The van der Waals surface area contributed by atoms with E-state index in [1.165, 1.54) is 12.0 Å². The molecule has 3 aromatic carbocycles. The molecule has 0 atom stereocenters. The number of ether oxygens (including phenoxy) is 2. The first-order valence-electron chi connectivity index (χ1n) is 11.0. The highest BCUT2D eigenvalue weighted by Crippen LogP contribution is 2.30. The first kappa shape index (κ1) is 24.0. The van der Waals surface area contributed by atoms with Crippen molar-refractivity contribution in [3.63, 3.8) is 0 Å². The minimum atomic E-state index is -0.285. The van der Waals surface area contributed by atoms with E-state index in [4.69, 9.17) is 21.7 Å². The van der Waals surface area contributed by atoms with Gasteiger partial charge in [0.25, 0.3) is 11.8 Å². The largest absolute Gasteiger partial charge is 0.493 e. The van der Waals surface area contributed by atoms with E-state index in [9.17, 15) is 9.59 Å². The molecule has 1 aliphatic heterocycles. The van der Waals surface area contributed by atoms with Crippen molar-refractivity contribution in [3.05, 3.63) is 89.1 Å². The maximum Gasteiger partial charge on any atom is 0.281 e. The predicted molar refractivity (Wildman–Crippen MR) is 141 cm³/mol. The van der Waals surface area contributed by atoms with E-state index in [1.807, 2.05) is 62.4 Å². The van der Waals surface area contributed by atoms with Gasteiger partial charge in [-0.3, -0.25) is 14.5 Å². The number of hydrogen-bond donors (Lipinski definition) is 2. The summed E-state index contributed by atoms with van der Waals surface area (Å²) in [5.41, 5.74) is 4.61. The number of nitrogens with zero attached hydrogens (tertiary/aromatic N) is 1. The van der Waals surface area contributed by atoms with Crippen LogP contribution in [0.15, 0.2) is 72.4 Å². The molecule has 178 valence electrons. The molecule has 2 amide bonds. The van der Waals surface area contributed by atoms with Crippen molar-refractivity contribution in [3.8, 4) is 11.5 Å². The molecule has 0 saturated carbocycles. The molecule has 0 spiro atoms. The van der Waals surface area contributed by atoms with E-state index in [0.29, 0.717) is 39.2 Å². The molecule has 1 saturated heterocycles. The summed E-state index contributed by atoms with van der Waals surface area (Å²) >= 11 is 5.39. The number of benzene rings is 3. The molecule has 35 heavy (non-hydrogen) atoms. The van der Waals surface area contributed by atoms with Crippen LogP contribution in [0.4, 0.5) is 11.4 Å². The Hall–Kier alpha value is -4.17. The van der Waals surface area contributed by atoms with E-state index in [2.05, 4.69) is 10.6 Å². The highest BCUT2D eigenvalue weighted by molar-refractivity contribution is 7.80. The summed E-state index contributed by atoms with van der Waals surface area (Å²) in [6, 6.07) is 20.3. The lowest BCUT2D eigenvalue weighted by molar-refractivity contribution is -0.118. The zero-order chi connectivity index (χ0) is 24.9. The zero-order valence-electron chi connectivity index (χ0n) is 19.6. The smallest absolute Gasteiger partial charge is 0.281 e. The van der Waals surface area contributed by atoms with E-state index in [-0.39, 0.29) is 18.4 Å². The summed E-state index contributed by atoms with van der Waals surface area (Å²) in [5, 5.41) is 6.09. The van der Waals surface area contributed by atoms with Crippen LogP contribution in [0.2, 0.25) is 0 Å². The standard InChI is InChI=1S/C27H25N3O4S/c1-17-7-10-20(11-8-17)28-25(31)16-34-23-12-9-19(15-24(23)33-3)14-22-26(32)30(27(35)29-22)21-6-4-5-18(2)13-21/h4-15H,16H2,1-3H3,(H,28,31)(H,29,35)/b22-14+. The Morgan fingerprint density at radius 2 is 1.80 bits per heavy atom. The summed E-state index contributed by atoms with van der Waals surface area (Å²) in [7, 11) is 1.51. The van der Waals surface area contributed by atoms with Crippen LogP contribution < -0.4 is 25.0 Å². The maximum atomic E-state index is 13.0. The molecular formula is C27H25N3O4S. The summed E-state index contributed by atoms with van der Waals surface area (Å²) in [6.07, 6.45) is 1.70. The van der Waals surface area contributed by atoms with Gasteiger partial charge in [0.2, 0.25) is 0 Å². The lowest BCUT2D eigenvalue weighted by Crippen LogP contribution is -2.30. The lowest BCUT2D eigenvalue weighted by Gasteiger charge is -2.14. The number of anilines is 2. The average Bonchev–Trinajstić information content (AvgIpc) is 3.12. The number of carbonyl (C=O) groups excluding carboxylic acids is 2. The Bertz CT molecular complexity index is 1320. The molecule has 0 bridgehead atoms. The van der Waals surface area contributed by atoms with Gasteiger partial charge in [-0.15, -0.1) is 0 Å². The van der Waals surface area contributed by atoms with Crippen molar-refractivity contribution in [2.75, 3.05) is 23.9 Å². The molecule has 0 radical (unpaired) electrons. The van der Waals surface area contributed by atoms with Crippen LogP contribution in [-0.2, 0) is 9.59 Å². The molecule has 1 aliphatic rings. The Kier molecular flexibility index (Phi) is 7.12. The first-order valence-corrected chi connectivity index (χ1v) is 11.4. The van der Waals surface area contributed by atoms with Gasteiger partial charge < -0.3 is 20.1 Å². The summed E-state index contributed by atoms with van der Waals surface area (Å²) in [4.78, 5) is 26.7. The molecule has 1 fully saturated rings. The van der Waals surface area contributed by atoms with Crippen molar-refractivity contribution >= 4 is 46.6 Å². The van der Waals surface area contributed by atoms with Crippen molar-refractivity contribution < 1.29 is 19.1 Å². The second-order valence-electron chi connectivity index (χ2n) is 8.08. The van der Waals surface area contributed by atoms with Crippen molar-refractivity contribution in [2.45, 2.75) is 13.8 Å². The Labute approximate surface area is 209 Å². The molecule has 0 aliphatic carbocycles. The van der Waals surface area contributed by atoms with E-state index in [0.717, 1.165) is 11.1 Å². The van der Waals surface area contributed by atoms with Crippen molar-refractivity contribution in [1.82, 2.24) is 5.32 Å². The number of aryl methyl sites for hydroxylation is 2. The van der Waals surface area contributed by atoms with Crippen LogP contribution in [0.25, 0.3) is 6.08 Å². The number of rotatable bonds is 7. The van der Waals surface area contributed by atoms with Gasteiger partial charge in [-0.2, -0.15) is 0 Å². The second kappa shape index (κ2) is 10.4. The third-order valence-electron chi connectivity index (χ3n) is 5.33. The highest BCUT2D eigenvalue weighted by Gasteiger charge is 2.32. The first-order chi connectivity index (χ1) is 16.8. The Morgan fingerprint density at radius 1 is 1.03 bits per heavy atom. The van der Waals surface area contributed by atoms with E-state index in [1.54, 1.807) is 24.3 Å². The molecule has 8 heteroatoms. The minimum Gasteiger partial charge on any atom is -0.493 e. The number of nitrogens with one attached hydrogen (secondary N) is 2. The van der Waals surface area contributed by atoms with Gasteiger partial charge in [0.05, 0.1) is 12.8 Å². The van der Waals surface area contributed by atoms with Crippen molar-refractivity contribution in [2.24, 2.45) is 0 Å². The van der Waals surface area contributed by atoms with Gasteiger partial charge in [-0.05, 0) is 79.7 Å². The highest BCUT2D eigenvalue weighted by atomic mass is 32.1. The molecule has 7 nitrogen and oxygen atoms in total. The van der Waals surface area contributed by atoms with Gasteiger partial charge >= 0.3 is 0 Å². The minimum absolute atomic E-state index is 0.176. The fraction of sp³-hybridized carbons (Fsp3) is 0.148. The van der Waals surface area contributed by atoms with Crippen molar-refractivity contribution in [1.29, 1.82) is 0 Å². The number of amides is 2. The Morgan fingerprint density at radius 3 is 2.51 bits per heavy atom. The zero-order valence-corrected chi connectivity index (χ0v) is 20.4. The number of hydrogen-bond acceptors (Lipinski definition) is 5. The predicted octanol–water partition coefficient (Wildman–Crippen LogP) is 4.59. The van der Waals surface area contributed by atoms with E-state index >= 15 is 0 Å². The van der Waals surface area contributed by atoms with Crippen LogP contribution >= 0.6 is 12.2 Å². The molecule has 0 unspecified atom stereocenters. The second-order valence-corrected chi connectivity index (χ2v) is 8.47. The van der Waals surface area contributed by atoms with E-state index < -0.39 is 0 Å². The molecule has 4 rings (SSSR count). The summed E-state index contributed by atoms with van der Waals surface area (Å²) < 4.78 is 11.1. The van der Waals surface area contributed by atoms with Crippen LogP contribution in [0.3, 0.4) is 0 Å². The average molecular weight is 488 g/mol. The van der Waals surface area contributed by atoms with Gasteiger partial charge in [0.15, 0.2) is 23.2 Å². The van der Waals surface area contributed by atoms with Crippen LogP contribution in [0, 0.1) is 13.8 Å². The Balaban J connectivity index is 1.45. The quantitative estimate of drug-likeness (QED) is 0.375. The normalized spacial score (nSPS) is 14.1. The van der Waals surface area contributed by atoms with Crippen LogP contribution in [0.1, 0.15) is 16.7 Å². The monoisotopic (exact) mass is 487 g/mol. The van der Waals surface area contributed by atoms with Gasteiger partial charge in [0.1, 0.15) is 5.70 Å². The van der Waals surface area contributed by atoms with Gasteiger partial charge in [-0.25, -0.2) is 0 Å². The summed E-state index contributed by atoms with van der Waals surface area (Å²) in [5.74, 6) is 0.322. The number of thiocarbonyl (C=S) groups is 1. The molecule has 1 heterocycles. The third kappa shape index (κ3) is 5.67. The SMILES string of the molecule is COc1cc(/C=C2/NC(=S)N(c3cccc(C)c3)C2=O)ccc1OCC(=O)Nc1ccc(C)cc1. The molecule has 2 N–H and O–H groups in total. The van der Waals surface area contributed by atoms with Gasteiger partial charge in [0, 0.05) is 5.69 Å². The molecular weight excluding hydrogens is 462 g/mol. The fourth-order valence-corrected chi connectivity index (χ4v) is 3.87. The maximum absolute atomic E-state index is 13.0. The third-order valence-corrected chi connectivity index (χ3v) is 5.62. The van der Waals surface area contributed by atoms with Gasteiger partial charge in [-0.1, -0.05) is 35.9 Å². The lowest BCUT2D eigenvalue weighted by atomic mass is 10.1.